The van der Waals surface area contributed by atoms with Crippen molar-refractivity contribution in [2.75, 3.05) is 26.6 Å². The van der Waals surface area contributed by atoms with Crippen molar-refractivity contribution in [3.63, 3.8) is 0 Å². The van der Waals surface area contributed by atoms with Crippen LogP contribution < -0.4 is 26.6 Å². The SMILES string of the molecule is CC(C)c1csc(NC(=O)C2=Cc3c(Cl)cccc3C2)n1.CCc1nc(NC(=O)C2=C(Cl)c3cc(Br)ccc3C2)sc1C.Cc1ccc(Cc2cnc(NC(=O)C3=C(Cl)c4ccccc4C3)s2)c(F)c1.O=C(Nc1nc2c(s1)CCC2)C1=Cc2cc(Br)ccc2C1.O=C(Nc1nc2c(s1)CCC2)C1=Cc2cc(F)ccc2C1. The second kappa shape index (κ2) is 35.3. The van der Waals surface area contributed by atoms with Crippen molar-refractivity contribution in [1.82, 2.24) is 24.9 Å². The maximum absolute atomic E-state index is 14.0. The molecule has 5 heterocycles. The lowest BCUT2D eigenvalue weighted by molar-refractivity contribution is -0.113. The highest BCUT2D eigenvalue weighted by atomic mass is 79.9. The summed E-state index contributed by atoms with van der Waals surface area (Å²) in [4.78, 5) is 88.8. The highest BCUT2D eigenvalue weighted by Crippen LogP contribution is 2.41. The van der Waals surface area contributed by atoms with Gasteiger partial charge < -0.3 is 0 Å². The van der Waals surface area contributed by atoms with Crippen molar-refractivity contribution in [3.05, 3.63) is 289 Å². The molecule has 0 aliphatic heterocycles. The summed E-state index contributed by atoms with van der Waals surface area (Å²) in [6.07, 6.45) is 18.1. The lowest BCUT2D eigenvalue weighted by atomic mass is 10.1. The van der Waals surface area contributed by atoms with E-state index in [0.717, 1.165) is 146 Å². The second-order valence-electron chi connectivity index (χ2n) is 27.7. The first kappa shape index (κ1) is 79.8. The summed E-state index contributed by atoms with van der Waals surface area (Å²) in [6.45, 7) is 10.1. The maximum atomic E-state index is 14.0. The van der Waals surface area contributed by atoms with Crippen LogP contribution in [0.15, 0.2) is 164 Å². The van der Waals surface area contributed by atoms with Gasteiger partial charge in [-0.05, 0) is 198 Å². The summed E-state index contributed by atoms with van der Waals surface area (Å²) in [5, 5.41) is 21.2. The number of carbonyl (C=O) groups excluding carboxylic acids is 5. The molecule has 0 radical (unpaired) electrons. The molecule has 0 fully saturated rings. The van der Waals surface area contributed by atoms with Gasteiger partial charge >= 0.3 is 0 Å². The summed E-state index contributed by atoms with van der Waals surface area (Å²) in [7, 11) is 0. The fourth-order valence-corrected chi connectivity index (χ4v) is 19.9. The highest BCUT2D eigenvalue weighted by molar-refractivity contribution is 9.10. The van der Waals surface area contributed by atoms with Gasteiger partial charge in [-0.3, -0.25) is 50.6 Å². The Morgan fingerprint density at radius 1 is 0.527 bits per heavy atom. The van der Waals surface area contributed by atoms with Crippen LogP contribution >= 0.6 is 123 Å². The Labute approximate surface area is 698 Å². The number of hydrogen-bond acceptors (Lipinski definition) is 15. The molecule has 0 unspecified atom stereocenters. The van der Waals surface area contributed by atoms with Crippen molar-refractivity contribution < 1.29 is 32.8 Å². The van der Waals surface area contributed by atoms with Gasteiger partial charge in [0, 0.05) is 111 Å². The largest absolute Gasteiger partial charge is 0.298 e. The molecule has 0 atom stereocenters. The van der Waals surface area contributed by atoms with Gasteiger partial charge in [0.2, 0.25) is 0 Å². The summed E-state index contributed by atoms with van der Waals surface area (Å²) in [6, 6.07) is 35.3. The van der Waals surface area contributed by atoms with Crippen molar-refractivity contribution in [1.29, 1.82) is 0 Å². The minimum Gasteiger partial charge on any atom is -0.298 e. The number of amides is 5. The van der Waals surface area contributed by atoms with Crippen LogP contribution in [0.25, 0.3) is 28.3 Å². The number of fused-ring (bicyclic) bond motifs is 7. The topological polar surface area (TPSA) is 210 Å². The predicted octanol–water partition coefficient (Wildman–Crippen LogP) is 22.1. The average Bonchev–Trinajstić information content (AvgIpc) is 1.66. The second-order valence-corrected chi connectivity index (χ2v) is 36.0. The fraction of sp³-hybridized carbons (Fsp3) is 0.224. The zero-order valence-corrected chi connectivity index (χ0v) is 70.6. The van der Waals surface area contributed by atoms with Crippen molar-refractivity contribution in [3.8, 4) is 0 Å². The molecular weight excluding hydrogens is 1710 g/mol. The van der Waals surface area contributed by atoms with Gasteiger partial charge in [0.05, 0.1) is 32.8 Å². The lowest BCUT2D eigenvalue weighted by Crippen LogP contribution is -2.14. The van der Waals surface area contributed by atoms with E-state index in [1.165, 1.54) is 79.6 Å². The lowest BCUT2D eigenvalue weighted by Gasteiger charge is -2.03. The van der Waals surface area contributed by atoms with Crippen LogP contribution in [0.3, 0.4) is 0 Å². The van der Waals surface area contributed by atoms with Gasteiger partial charge in [0.1, 0.15) is 11.6 Å². The minimum atomic E-state index is -0.275. The summed E-state index contributed by atoms with van der Waals surface area (Å²) < 4.78 is 29.2. The molecule has 0 saturated carbocycles. The van der Waals surface area contributed by atoms with Crippen LogP contribution in [-0.2, 0) is 94.6 Å². The third-order valence-corrected chi connectivity index (χ3v) is 26.4. The average molecular weight is 1780 g/mol. The first-order valence-corrected chi connectivity index (χ1v) is 43.0. The molecular formula is C85H71Br2Cl3F2N10O5S5. The van der Waals surface area contributed by atoms with Gasteiger partial charge in [0.25, 0.3) is 29.5 Å². The molecule has 112 heavy (non-hydrogen) atoms. The molecule has 0 bridgehead atoms. The first-order chi connectivity index (χ1) is 53.9. The van der Waals surface area contributed by atoms with E-state index in [-0.39, 0.29) is 41.2 Å². The Morgan fingerprint density at radius 3 is 1.69 bits per heavy atom. The van der Waals surface area contributed by atoms with E-state index in [1.54, 1.807) is 47.1 Å². The van der Waals surface area contributed by atoms with Crippen LogP contribution in [-0.4, -0.2) is 54.5 Å². The van der Waals surface area contributed by atoms with Crippen molar-refractivity contribution in [2.45, 2.75) is 124 Å². The van der Waals surface area contributed by atoms with Crippen LogP contribution in [0.2, 0.25) is 5.02 Å². The van der Waals surface area contributed by atoms with Gasteiger partial charge in [-0.25, -0.2) is 33.7 Å². The van der Waals surface area contributed by atoms with E-state index in [9.17, 15) is 32.8 Å². The molecule has 5 aromatic heterocycles. The third-order valence-electron chi connectivity index (χ3n) is 19.5. The zero-order chi connectivity index (χ0) is 78.6. The van der Waals surface area contributed by atoms with Crippen LogP contribution in [0, 0.1) is 25.5 Å². The fourth-order valence-electron chi connectivity index (χ4n) is 13.6. The number of aryl methyl sites for hydroxylation is 7. The number of rotatable bonds is 14. The van der Waals surface area contributed by atoms with Crippen LogP contribution in [0.5, 0.6) is 0 Å². The minimum absolute atomic E-state index is 0.0326. The molecule has 11 aromatic rings. The van der Waals surface area contributed by atoms with E-state index < -0.39 is 0 Å². The van der Waals surface area contributed by atoms with Crippen LogP contribution in [0.1, 0.15) is 149 Å². The number of benzene rings is 6. The quantitative estimate of drug-likeness (QED) is 0.0695. The summed E-state index contributed by atoms with van der Waals surface area (Å²) in [5.74, 6) is -0.841. The van der Waals surface area contributed by atoms with Crippen molar-refractivity contribution >= 4 is 207 Å². The first-order valence-electron chi connectivity index (χ1n) is 36.2. The molecule has 7 aliphatic rings. The number of hydrogen-bond donors (Lipinski definition) is 5. The van der Waals surface area contributed by atoms with E-state index in [2.05, 4.69) is 110 Å². The van der Waals surface area contributed by atoms with E-state index in [4.69, 9.17) is 34.8 Å². The zero-order valence-electron chi connectivity index (χ0n) is 61.1. The van der Waals surface area contributed by atoms with Gasteiger partial charge in [0.15, 0.2) is 25.7 Å². The predicted molar refractivity (Wildman–Crippen MR) is 460 cm³/mol. The van der Waals surface area contributed by atoms with Crippen molar-refractivity contribution in [2.24, 2.45) is 0 Å². The Hall–Kier alpha value is -8.79. The monoisotopic (exact) mass is 1770 g/mol. The molecule has 5 amide bonds. The molecule has 0 spiro atoms. The third kappa shape index (κ3) is 18.8. The van der Waals surface area contributed by atoms with Gasteiger partial charge in [-0.2, -0.15) is 0 Å². The smallest absolute Gasteiger partial charge is 0.255 e. The Kier molecular flexibility index (Phi) is 25.2. The number of halogens is 7. The number of nitrogens with zero attached hydrogens (tertiary/aromatic N) is 5. The molecule has 0 saturated heterocycles. The standard InChI is InChI=1S/C21H16ClFN2OS.C16H14BrClN2OS.C16H13BrN2OS.C16H15ClN2OS.C16H13FN2OS/c1-12-6-7-14(18(23)8-12)9-15-11-24-21(27-15)25-20(26)17-10-13-4-2-3-5-16(13)19(17)22;1-3-13-8(2)22-16(19-13)20-15(21)12-6-9-4-5-10(17)7-11(9)14(12)18;17-12-5-4-9-6-11(7-10(9)8-12)15(20)19-16-18-13-2-1-3-14(13)21-16;1-9(2)14-8-21-16(18-14)19-15(20)11-6-10-4-3-5-13(17)12(10)7-11;17-12-5-4-9-6-11(7-10(9)8-12)15(20)19-16-18-13-2-1-3-14(13)21-16/h2-8,11H,9-10H2,1H3,(H,24,25,26);4-5,7H,3,6H2,1-2H3,(H,19,20,21);4-5,7-8H,1-3,6H2,(H,18,19,20);3-5,7-9H,6H2,1-2H3,(H,18,19,20);4-5,7-8H,1-3,6H2,(H,18,19,20). The van der Waals surface area contributed by atoms with E-state index >= 15 is 0 Å². The molecule has 6 aromatic carbocycles. The van der Waals surface area contributed by atoms with Crippen LogP contribution in [0.4, 0.5) is 34.4 Å². The number of nitrogens with one attached hydrogen (secondary N) is 5. The number of thiazole rings is 5. The number of anilines is 5. The summed E-state index contributed by atoms with van der Waals surface area (Å²) >= 11 is 33.3. The highest BCUT2D eigenvalue weighted by Gasteiger charge is 2.30. The van der Waals surface area contributed by atoms with E-state index in [1.807, 2.05) is 110 Å². The number of aromatic nitrogens is 5. The molecule has 7 aliphatic carbocycles. The van der Waals surface area contributed by atoms with Gasteiger partial charge in [-0.1, -0.05) is 154 Å². The molecule has 570 valence electrons. The molecule has 5 N–H and O–H groups in total. The maximum Gasteiger partial charge on any atom is 0.255 e. The Bertz CT molecular complexity index is 5600. The normalized spacial score (nSPS) is 14.1. The molecule has 27 heteroatoms. The Morgan fingerprint density at radius 2 is 1.08 bits per heavy atom. The van der Waals surface area contributed by atoms with Gasteiger partial charge in [-0.15, -0.1) is 56.7 Å². The van der Waals surface area contributed by atoms with E-state index in [0.29, 0.717) is 102 Å². The Balaban J connectivity index is 0.000000117. The number of carbonyl (C=O) groups is 5. The summed E-state index contributed by atoms with van der Waals surface area (Å²) in [5.41, 5.74) is 19.2. The molecule has 15 nitrogen and oxygen atoms in total. The molecule has 18 rings (SSSR count).